The molecule has 0 aliphatic heterocycles. The minimum absolute atomic E-state index is 0.0519. The first-order valence-electron chi connectivity index (χ1n) is 13.5. The molecule has 3 aromatic heterocycles. The largest absolute Gasteiger partial charge is 0.467 e. The Labute approximate surface area is 243 Å². The summed E-state index contributed by atoms with van der Waals surface area (Å²) in [6.45, 7) is 12.3. The molecule has 0 spiro atoms. The number of ether oxygens (including phenoxy) is 2. The van der Waals surface area contributed by atoms with Crippen molar-refractivity contribution in [2.24, 2.45) is 0 Å². The van der Waals surface area contributed by atoms with Crippen LogP contribution in [0, 0.1) is 6.92 Å². The Balaban J connectivity index is 1.79. The van der Waals surface area contributed by atoms with Crippen LogP contribution in [0.15, 0.2) is 35.1 Å². The molecule has 9 nitrogen and oxygen atoms in total. The van der Waals surface area contributed by atoms with E-state index in [4.69, 9.17) is 25.5 Å². The van der Waals surface area contributed by atoms with Gasteiger partial charge in [0.05, 0.1) is 24.0 Å². The molecule has 2 unspecified atom stereocenters. The predicted octanol–water partition coefficient (Wildman–Crippen LogP) is 7.63. The fourth-order valence-electron chi connectivity index (χ4n) is 5.12. The van der Waals surface area contributed by atoms with E-state index in [2.05, 4.69) is 10.4 Å². The van der Waals surface area contributed by atoms with Gasteiger partial charge in [0.1, 0.15) is 17.0 Å². The zero-order valence-corrected chi connectivity index (χ0v) is 25.1. The first-order chi connectivity index (χ1) is 18.9. The molecule has 3 aromatic rings. The number of rotatable bonds is 5. The average molecular weight is 595 g/mol. The number of alkyl halides is 2. The lowest BCUT2D eigenvalue weighted by atomic mass is 9.78. The summed E-state index contributed by atoms with van der Waals surface area (Å²) in [6, 6.07) is 4.12. The van der Waals surface area contributed by atoms with E-state index >= 15 is 0 Å². The van der Waals surface area contributed by atoms with Crippen molar-refractivity contribution in [2.75, 3.05) is 4.90 Å². The highest BCUT2D eigenvalue weighted by Crippen LogP contribution is 2.44. The number of halogens is 3. The normalized spacial score (nSPS) is 19.2. The zero-order chi connectivity index (χ0) is 30.3. The quantitative estimate of drug-likeness (QED) is 0.326. The van der Waals surface area contributed by atoms with E-state index < -0.39 is 47.7 Å². The van der Waals surface area contributed by atoms with Crippen LogP contribution in [-0.2, 0) is 16.0 Å². The van der Waals surface area contributed by atoms with Crippen LogP contribution >= 0.6 is 11.6 Å². The average Bonchev–Trinajstić information content (AvgIpc) is 3.42. The molecule has 4 rings (SSSR count). The second-order valence-corrected chi connectivity index (χ2v) is 12.8. The molecule has 0 aromatic carbocycles. The van der Waals surface area contributed by atoms with Crippen LogP contribution in [0.1, 0.15) is 83.6 Å². The van der Waals surface area contributed by atoms with Gasteiger partial charge in [0, 0.05) is 37.1 Å². The number of hydrogen-bond acceptors (Lipinski definition) is 6. The molecule has 0 bridgehead atoms. The molecule has 1 aliphatic rings. The number of aromatic nitrogens is 2. The number of fused-ring (bicyclic) bond motifs is 1. The number of nitrogens with one attached hydrogen (secondary N) is 1. The van der Waals surface area contributed by atoms with E-state index in [0.717, 1.165) is 0 Å². The maximum atomic E-state index is 14.6. The van der Waals surface area contributed by atoms with Crippen molar-refractivity contribution < 1.29 is 32.3 Å². The van der Waals surface area contributed by atoms with Crippen LogP contribution in [0.25, 0.3) is 5.52 Å². The third kappa shape index (κ3) is 7.49. The Kier molecular flexibility index (Phi) is 8.33. The second-order valence-electron chi connectivity index (χ2n) is 12.5. The third-order valence-corrected chi connectivity index (χ3v) is 6.89. The molecule has 224 valence electrons. The zero-order valence-electron chi connectivity index (χ0n) is 24.4. The van der Waals surface area contributed by atoms with E-state index in [-0.39, 0.29) is 24.5 Å². The van der Waals surface area contributed by atoms with Crippen LogP contribution in [0.5, 0.6) is 0 Å². The number of amides is 2. The van der Waals surface area contributed by atoms with Crippen molar-refractivity contribution in [2.45, 2.75) is 103 Å². The molecule has 2 amide bonds. The monoisotopic (exact) mass is 594 g/mol. The molecule has 1 fully saturated rings. The van der Waals surface area contributed by atoms with Crippen molar-refractivity contribution in [1.82, 2.24) is 14.9 Å². The Morgan fingerprint density at radius 3 is 2.51 bits per heavy atom. The van der Waals surface area contributed by atoms with Gasteiger partial charge in [-0.1, -0.05) is 11.6 Å². The van der Waals surface area contributed by atoms with Gasteiger partial charge in [-0.15, -0.1) is 0 Å². The molecule has 0 saturated heterocycles. The van der Waals surface area contributed by atoms with Gasteiger partial charge < -0.3 is 19.2 Å². The maximum absolute atomic E-state index is 14.6. The van der Waals surface area contributed by atoms with Gasteiger partial charge in [0.25, 0.3) is 0 Å². The maximum Gasteiger partial charge on any atom is 0.415 e. The first-order valence-corrected chi connectivity index (χ1v) is 13.9. The lowest BCUT2D eigenvalue weighted by molar-refractivity contribution is -0.0502. The van der Waals surface area contributed by atoms with Crippen molar-refractivity contribution in [1.29, 1.82) is 0 Å². The molecule has 1 saturated carbocycles. The van der Waals surface area contributed by atoms with Gasteiger partial charge >= 0.3 is 12.2 Å². The number of anilines is 1. The summed E-state index contributed by atoms with van der Waals surface area (Å²) in [5.74, 6) is -2.88. The molecule has 3 heterocycles. The number of nitrogens with zero attached hydrogens (tertiary/aromatic N) is 3. The molecule has 1 N–H and O–H groups in total. The summed E-state index contributed by atoms with van der Waals surface area (Å²) in [5.41, 5.74) is 0.823. The third-order valence-electron chi connectivity index (χ3n) is 6.71. The number of furan rings is 1. The highest BCUT2D eigenvalue weighted by Gasteiger charge is 2.44. The highest BCUT2D eigenvalue weighted by molar-refractivity contribution is 6.29. The van der Waals surface area contributed by atoms with Gasteiger partial charge in [-0.25, -0.2) is 22.9 Å². The van der Waals surface area contributed by atoms with Crippen molar-refractivity contribution in [3.05, 3.63) is 52.7 Å². The Morgan fingerprint density at radius 2 is 1.90 bits per heavy atom. The fourth-order valence-corrected chi connectivity index (χ4v) is 5.31. The summed E-state index contributed by atoms with van der Waals surface area (Å²) in [7, 11) is 0. The number of alkyl carbamates (subject to hydrolysis) is 1. The van der Waals surface area contributed by atoms with E-state index in [1.165, 1.54) is 11.2 Å². The van der Waals surface area contributed by atoms with Crippen molar-refractivity contribution >= 4 is 35.0 Å². The number of carbonyl (C=O) groups excluding carboxylic acids is 2. The van der Waals surface area contributed by atoms with Crippen molar-refractivity contribution in [3.8, 4) is 0 Å². The molecule has 1 aliphatic carbocycles. The highest BCUT2D eigenvalue weighted by atomic mass is 35.5. The number of carbonyl (C=O) groups is 2. The van der Waals surface area contributed by atoms with Gasteiger partial charge in [0.15, 0.2) is 5.15 Å². The SMILES string of the molecule is Cc1c(C2CCC(F)(F)CC2NC(=O)OC(C)(C)C)cn2nc(Cl)cc(N(Cc3ccco3)C(=O)OC(C)(C)C)c12. The fraction of sp³-hybridized carbons (Fsp3) is 0.552. The van der Waals surface area contributed by atoms with Gasteiger partial charge in [-0.3, -0.25) is 4.90 Å². The van der Waals surface area contributed by atoms with E-state index in [1.54, 1.807) is 70.5 Å². The smallest absolute Gasteiger partial charge is 0.415 e. The van der Waals surface area contributed by atoms with E-state index in [9.17, 15) is 18.4 Å². The second kappa shape index (κ2) is 11.2. The van der Waals surface area contributed by atoms with Gasteiger partial charge in [-0.2, -0.15) is 5.10 Å². The Bertz CT molecular complexity index is 1410. The summed E-state index contributed by atoms with van der Waals surface area (Å²) >= 11 is 6.42. The van der Waals surface area contributed by atoms with Gasteiger partial charge in [-0.05, 0) is 78.1 Å². The minimum atomic E-state index is -2.94. The molecular formula is C29H37ClF2N4O5. The molecule has 12 heteroatoms. The van der Waals surface area contributed by atoms with Crippen molar-refractivity contribution in [3.63, 3.8) is 0 Å². The Hall–Kier alpha value is -3.34. The topological polar surface area (TPSA) is 98.3 Å². The molecule has 2 atom stereocenters. The van der Waals surface area contributed by atoms with Crippen LogP contribution < -0.4 is 10.2 Å². The van der Waals surface area contributed by atoms with Crippen LogP contribution in [-0.4, -0.2) is 45.0 Å². The first kappa shape index (κ1) is 30.6. The molecule has 0 radical (unpaired) electrons. The minimum Gasteiger partial charge on any atom is -0.467 e. The molecular weight excluding hydrogens is 558 g/mol. The predicted molar refractivity (Wildman–Crippen MR) is 151 cm³/mol. The van der Waals surface area contributed by atoms with E-state index in [0.29, 0.717) is 28.1 Å². The van der Waals surface area contributed by atoms with E-state index in [1.807, 2.05) is 6.92 Å². The molecule has 41 heavy (non-hydrogen) atoms. The van der Waals surface area contributed by atoms with Crippen LogP contribution in [0.2, 0.25) is 5.15 Å². The summed E-state index contributed by atoms with van der Waals surface area (Å²) in [6.07, 6.45) is 1.10. The Morgan fingerprint density at radius 1 is 1.22 bits per heavy atom. The standard InChI is InChI=1S/C29H37ClF2N4O5/c1-17-20(19-10-11-29(31,32)14-21(19)33-25(37)40-27(2,3)4)16-36-24(17)22(13-23(30)34-36)35(15-18-9-8-12-39-18)26(38)41-28(5,6)7/h8-9,12-13,16,19,21H,10-11,14-15H2,1-7H3,(H,33,37). The van der Waals surface area contributed by atoms with Gasteiger partial charge in [0.2, 0.25) is 5.92 Å². The lowest BCUT2D eigenvalue weighted by Crippen LogP contribution is -2.48. The number of hydrogen-bond donors (Lipinski definition) is 1. The number of aryl methyl sites for hydroxylation is 1. The lowest BCUT2D eigenvalue weighted by Gasteiger charge is -2.37. The van der Waals surface area contributed by atoms with Crippen LogP contribution in [0.4, 0.5) is 24.1 Å². The summed E-state index contributed by atoms with van der Waals surface area (Å²) in [4.78, 5) is 27.5. The summed E-state index contributed by atoms with van der Waals surface area (Å²) < 4.78 is 47.3. The summed E-state index contributed by atoms with van der Waals surface area (Å²) in [5, 5.41) is 7.20. The van der Waals surface area contributed by atoms with Crippen LogP contribution in [0.3, 0.4) is 0 Å².